The number of rotatable bonds is 1. The van der Waals surface area contributed by atoms with Crippen LogP contribution >= 0.6 is 0 Å². The van der Waals surface area contributed by atoms with Gasteiger partial charge in [-0.2, -0.15) is 0 Å². The van der Waals surface area contributed by atoms with Gasteiger partial charge in [0.05, 0.1) is 0 Å². The lowest BCUT2D eigenvalue weighted by Crippen LogP contribution is -2.53. The Morgan fingerprint density at radius 3 is 2.45 bits per heavy atom. The second-order valence-corrected chi connectivity index (χ2v) is 7.21. The monoisotopic (exact) mass is 273 g/mol. The molecule has 0 bridgehead atoms. The zero-order valence-electron chi connectivity index (χ0n) is 13.0. The molecule has 2 aliphatic rings. The second kappa shape index (κ2) is 5.05. The lowest BCUT2D eigenvalue weighted by molar-refractivity contribution is 0.0419. The molecule has 1 aromatic rings. The van der Waals surface area contributed by atoms with Gasteiger partial charge in [-0.1, -0.05) is 6.07 Å². The van der Waals surface area contributed by atoms with Gasteiger partial charge in [-0.05, 0) is 56.9 Å². The van der Waals surface area contributed by atoms with E-state index in [4.69, 9.17) is 5.73 Å². The Kier molecular flexibility index (Phi) is 3.51. The molecule has 3 nitrogen and oxygen atoms in total. The van der Waals surface area contributed by atoms with Crippen LogP contribution in [0, 0.1) is 0 Å². The van der Waals surface area contributed by atoms with Crippen LogP contribution in [-0.4, -0.2) is 41.5 Å². The molecular weight excluding hydrogens is 246 g/mol. The van der Waals surface area contributed by atoms with E-state index in [9.17, 15) is 0 Å². The smallest absolute Gasteiger partial charge is 0.0355 e. The van der Waals surface area contributed by atoms with Crippen molar-refractivity contribution in [2.24, 2.45) is 0 Å². The third-order valence-electron chi connectivity index (χ3n) is 4.92. The lowest BCUT2D eigenvalue weighted by atomic mass is 10.0. The molecule has 0 spiro atoms. The molecule has 2 N–H and O–H groups in total. The summed E-state index contributed by atoms with van der Waals surface area (Å²) in [7, 11) is 0. The van der Waals surface area contributed by atoms with Crippen LogP contribution in [0.5, 0.6) is 0 Å². The van der Waals surface area contributed by atoms with Crippen molar-refractivity contribution in [2.45, 2.75) is 45.2 Å². The molecule has 1 heterocycles. The van der Waals surface area contributed by atoms with Crippen LogP contribution in [-0.2, 0) is 6.42 Å². The predicted octanol–water partition coefficient (Wildman–Crippen LogP) is 2.67. The van der Waals surface area contributed by atoms with Crippen molar-refractivity contribution in [3.63, 3.8) is 0 Å². The number of nitrogens with two attached hydrogens (primary N) is 1. The van der Waals surface area contributed by atoms with Gasteiger partial charge in [0, 0.05) is 43.4 Å². The molecule has 0 radical (unpaired) electrons. The van der Waals surface area contributed by atoms with Crippen LogP contribution < -0.4 is 5.73 Å². The lowest BCUT2D eigenvalue weighted by Gasteiger charge is -2.44. The van der Waals surface area contributed by atoms with Crippen molar-refractivity contribution >= 4 is 5.69 Å². The van der Waals surface area contributed by atoms with E-state index in [1.54, 1.807) is 0 Å². The summed E-state index contributed by atoms with van der Waals surface area (Å²) >= 11 is 0. The van der Waals surface area contributed by atoms with Gasteiger partial charge in [0.15, 0.2) is 0 Å². The standard InChI is InChI=1S/C17H27N3/c1-17(2,3)20-10-8-19(9-11-20)16-7-4-13-12-14(18)5-6-15(13)16/h5-6,12,16H,4,7-11,18H2,1-3H3. The largest absolute Gasteiger partial charge is 0.399 e. The van der Waals surface area contributed by atoms with Crippen LogP contribution in [0.1, 0.15) is 44.4 Å². The Labute approximate surface area is 122 Å². The van der Waals surface area contributed by atoms with Gasteiger partial charge in [-0.15, -0.1) is 0 Å². The van der Waals surface area contributed by atoms with Gasteiger partial charge in [0.2, 0.25) is 0 Å². The fourth-order valence-electron chi connectivity index (χ4n) is 3.70. The molecule has 1 aliphatic heterocycles. The molecule has 1 fully saturated rings. The third-order valence-corrected chi connectivity index (χ3v) is 4.92. The first kappa shape index (κ1) is 13.9. The summed E-state index contributed by atoms with van der Waals surface area (Å²) in [5.41, 5.74) is 10.1. The summed E-state index contributed by atoms with van der Waals surface area (Å²) in [5.74, 6) is 0. The third kappa shape index (κ3) is 2.57. The molecule has 0 aromatic heterocycles. The van der Waals surface area contributed by atoms with Gasteiger partial charge in [-0.3, -0.25) is 9.80 Å². The van der Waals surface area contributed by atoms with Crippen molar-refractivity contribution in [1.29, 1.82) is 0 Å². The minimum atomic E-state index is 0.300. The fourth-order valence-corrected chi connectivity index (χ4v) is 3.70. The van der Waals surface area contributed by atoms with Crippen LogP contribution in [0.25, 0.3) is 0 Å². The fraction of sp³-hybridized carbons (Fsp3) is 0.647. The highest BCUT2D eigenvalue weighted by atomic mass is 15.3. The van der Waals surface area contributed by atoms with Crippen molar-refractivity contribution in [3.05, 3.63) is 29.3 Å². The molecule has 0 saturated carbocycles. The predicted molar refractivity (Wildman–Crippen MR) is 84.8 cm³/mol. The van der Waals surface area contributed by atoms with Gasteiger partial charge in [-0.25, -0.2) is 0 Å². The maximum absolute atomic E-state index is 5.90. The van der Waals surface area contributed by atoms with E-state index < -0.39 is 0 Å². The minimum absolute atomic E-state index is 0.300. The van der Waals surface area contributed by atoms with Gasteiger partial charge in [0.25, 0.3) is 0 Å². The van der Waals surface area contributed by atoms with E-state index in [0.29, 0.717) is 11.6 Å². The highest BCUT2D eigenvalue weighted by molar-refractivity contribution is 5.47. The van der Waals surface area contributed by atoms with Crippen LogP contribution in [0.15, 0.2) is 18.2 Å². The first-order valence-corrected chi connectivity index (χ1v) is 7.82. The summed E-state index contributed by atoms with van der Waals surface area (Å²) in [5, 5.41) is 0. The Balaban J connectivity index is 1.69. The average molecular weight is 273 g/mol. The molecular formula is C17H27N3. The average Bonchev–Trinajstić information content (AvgIpc) is 2.80. The summed E-state index contributed by atoms with van der Waals surface area (Å²) in [6.45, 7) is 11.7. The van der Waals surface area contributed by atoms with E-state index >= 15 is 0 Å². The maximum atomic E-state index is 5.90. The van der Waals surface area contributed by atoms with Crippen molar-refractivity contribution in [1.82, 2.24) is 9.80 Å². The molecule has 3 heteroatoms. The highest BCUT2D eigenvalue weighted by Crippen LogP contribution is 2.37. The molecule has 0 amide bonds. The van der Waals surface area contributed by atoms with Crippen molar-refractivity contribution in [3.8, 4) is 0 Å². The topological polar surface area (TPSA) is 32.5 Å². The Bertz CT molecular complexity index is 481. The number of aryl methyl sites for hydroxylation is 1. The Morgan fingerprint density at radius 2 is 1.80 bits per heavy atom. The summed E-state index contributed by atoms with van der Waals surface area (Å²) < 4.78 is 0. The van der Waals surface area contributed by atoms with Crippen LogP contribution in [0.3, 0.4) is 0 Å². The zero-order valence-corrected chi connectivity index (χ0v) is 13.0. The minimum Gasteiger partial charge on any atom is -0.399 e. The van der Waals surface area contributed by atoms with Crippen LogP contribution in [0.2, 0.25) is 0 Å². The molecule has 20 heavy (non-hydrogen) atoms. The summed E-state index contributed by atoms with van der Waals surface area (Å²) in [6, 6.07) is 7.09. The number of benzene rings is 1. The molecule has 110 valence electrons. The molecule has 1 atom stereocenters. The van der Waals surface area contributed by atoms with Crippen molar-refractivity contribution < 1.29 is 0 Å². The number of anilines is 1. The molecule has 1 aromatic carbocycles. The normalized spacial score (nSPS) is 24.9. The number of piperazine rings is 1. The first-order valence-electron chi connectivity index (χ1n) is 7.82. The Morgan fingerprint density at radius 1 is 1.10 bits per heavy atom. The Hall–Kier alpha value is -1.06. The van der Waals surface area contributed by atoms with E-state index in [-0.39, 0.29) is 0 Å². The second-order valence-electron chi connectivity index (χ2n) is 7.21. The number of hydrogen-bond acceptors (Lipinski definition) is 3. The molecule has 1 unspecified atom stereocenters. The van der Waals surface area contributed by atoms with Gasteiger partial charge >= 0.3 is 0 Å². The number of nitrogens with zero attached hydrogens (tertiary/aromatic N) is 2. The first-order chi connectivity index (χ1) is 9.45. The van der Waals surface area contributed by atoms with Crippen molar-refractivity contribution in [2.75, 3.05) is 31.9 Å². The quantitative estimate of drug-likeness (QED) is 0.799. The molecule has 3 rings (SSSR count). The van der Waals surface area contributed by atoms with E-state index in [0.717, 1.165) is 5.69 Å². The highest BCUT2D eigenvalue weighted by Gasteiger charge is 2.32. The SMILES string of the molecule is CC(C)(C)N1CCN(C2CCc3cc(N)ccc32)CC1. The number of nitrogen functional groups attached to an aromatic ring is 1. The number of fused-ring (bicyclic) bond motifs is 1. The molecule has 1 aliphatic carbocycles. The van der Waals surface area contributed by atoms with Crippen LogP contribution in [0.4, 0.5) is 5.69 Å². The van der Waals surface area contributed by atoms with E-state index in [1.165, 1.54) is 50.1 Å². The van der Waals surface area contributed by atoms with E-state index in [2.05, 4.69) is 48.8 Å². The van der Waals surface area contributed by atoms with Gasteiger partial charge < -0.3 is 5.73 Å². The number of hydrogen-bond donors (Lipinski definition) is 1. The van der Waals surface area contributed by atoms with E-state index in [1.807, 2.05) is 0 Å². The summed E-state index contributed by atoms with van der Waals surface area (Å²) in [6.07, 6.45) is 2.44. The zero-order chi connectivity index (χ0) is 14.3. The summed E-state index contributed by atoms with van der Waals surface area (Å²) in [4.78, 5) is 5.27. The maximum Gasteiger partial charge on any atom is 0.0355 e. The molecule has 1 saturated heterocycles. The van der Waals surface area contributed by atoms with Gasteiger partial charge in [0.1, 0.15) is 0 Å².